The average molecular weight is 372 g/mol. The summed E-state index contributed by atoms with van der Waals surface area (Å²) < 4.78 is 36.3. The Morgan fingerprint density at radius 1 is 1.00 bits per heavy atom. The van der Waals surface area contributed by atoms with Crippen molar-refractivity contribution >= 4 is 10.0 Å². The summed E-state index contributed by atoms with van der Waals surface area (Å²) in [6, 6.07) is 8.70. The zero-order valence-corrected chi connectivity index (χ0v) is 16.8. The minimum Gasteiger partial charge on any atom is -0.382 e. The number of methoxy groups -OCH3 is 1. The topological polar surface area (TPSA) is 64.6 Å². The first kappa shape index (κ1) is 22.1. The van der Waals surface area contributed by atoms with Crippen molar-refractivity contribution in [2.45, 2.75) is 45.4 Å². The number of ether oxygens (including phenoxy) is 2. The second-order valence-electron chi connectivity index (χ2n) is 7.22. The van der Waals surface area contributed by atoms with E-state index in [0.717, 1.165) is 19.3 Å². The molecule has 1 aromatic carbocycles. The van der Waals surface area contributed by atoms with Crippen LogP contribution in [-0.4, -0.2) is 47.6 Å². The predicted molar refractivity (Wildman–Crippen MR) is 103 cm³/mol. The molecular weight excluding hydrogens is 338 g/mol. The predicted octanol–water partition coefficient (Wildman–Crippen LogP) is 2.89. The number of aryl methyl sites for hydroxylation is 1. The highest BCUT2D eigenvalue weighted by Gasteiger charge is 2.12. The molecule has 5 nitrogen and oxygen atoms in total. The van der Waals surface area contributed by atoms with Gasteiger partial charge in [0.1, 0.15) is 0 Å². The van der Waals surface area contributed by atoms with Gasteiger partial charge in [0, 0.05) is 13.7 Å². The Labute approximate surface area is 153 Å². The van der Waals surface area contributed by atoms with Gasteiger partial charge in [0.15, 0.2) is 0 Å². The molecular formula is C19H33NO4S. The highest BCUT2D eigenvalue weighted by Crippen LogP contribution is 2.22. The number of sulfonamides is 1. The van der Waals surface area contributed by atoms with E-state index >= 15 is 0 Å². The van der Waals surface area contributed by atoms with Crippen LogP contribution in [-0.2, 0) is 31.3 Å². The van der Waals surface area contributed by atoms with E-state index in [9.17, 15) is 8.42 Å². The van der Waals surface area contributed by atoms with E-state index in [1.807, 2.05) is 0 Å². The van der Waals surface area contributed by atoms with Crippen LogP contribution in [0.15, 0.2) is 24.3 Å². The second kappa shape index (κ2) is 10.9. The van der Waals surface area contributed by atoms with Gasteiger partial charge >= 0.3 is 0 Å². The number of hydrogen-bond donors (Lipinski definition) is 1. The van der Waals surface area contributed by atoms with Crippen molar-refractivity contribution < 1.29 is 17.9 Å². The van der Waals surface area contributed by atoms with Crippen LogP contribution in [0.4, 0.5) is 0 Å². The van der Waals surface area contributed by atoms with Crippen LogP contribution in [0.2, 0.25) is 0 Å². The first-order chi connectivity index (χ1) is 11.7. The smallest absolute Gasteiger partial charge is 0.213 e. The van der Waals surface area contributed by atoms with Gasteiger partial charge in [0.05, 0.1) is 25.6 Å². The number of rotatable bonds is 12. The van der Waals surface area contributed by atoms with E-state index in [4.69, 9.17) is 9.47 Å². The Bertz CT molecular complexity index is 576. The lowest BCUT2D eigenvalue weighted by molar-refractivity contribution is 0.0784. The molecule has 0 saturated carbocycles. The van der Waals surface area contributed by atoms with Crippen LogP contribution in [0, 0.1) is 0 Å². The van der Waals surface area contributed by atoms with Crippen molar-refractivity contribution in [3.63, 3.8) is 0 Å². The normalized spacial score (nSPS) is 12.5. The minimum absolute atomic E-state index is 0.00895. The maximum Gasteiger partial charge on any atom is 0.213 e. The zero-order chi connectivity index (χ0) is 18.8. The Morgan fingerprint density at radius 2 is 1.68 bits per heavy atom. The highest BCUT2D eigenvalue weighted by molar-refractivity contribution is 7.89. The van der Waals surface area contributed by atoms with Gasteiger partial charge in [0.2, 0.25) is 10.0 Å². The fourth-order valence-corrected chi connectivity index (χ4v) is 3.28. The summed E-state index contributed by atoms with van der Waals surface area (Å²) in [5.74, 6) is -0.00895. The van der Waals surface area contributed by atoms with Gasteiger partial charge < -0.3 is 9.47 Å². The van der Waals surface area contributed by atoms with E-state index < -0.39 is 10.0 Å². The largest absolute Gasteiger partial charge is 0.382 e. The average Bonchev–Trinajstić information content (AvgIpc) is 2.54. The summed E-state index contributed by atoms with van der Waals surface area (Å²) >= 11 is 0. The molecule has 0 aliphatic rings. The third kappa shape index (κ3) is 9.94. The molecule has 0 fully saturated rings. The molecule has 144 valence electrons. The quantitative estimate of drug-likeness (QED) is 0.574. The summed E-state index contributed by atoms with van der Waals surface area (Å²) in [6.07, 6.45) is 2.75. The maximum absolute atomic E-state index is 11.8. The zero-order valence-electron chi connectivity index (χ0n) is 16.0. The number of benzene rings is 1. The van der Waals surface area contributed by atoms with E-state index in [2.05, 4.69) is 49.8 Å². The highest BCUT2D eigenvalue weighted by atomic mass is 32.2. The Balaban J connectivity index is 2.18. The molecule has 6 heteroatoms. The monoisotopic (exact) mass is 371 g/mol. The molecule has 0 heterocycles. The van der Waals surface area contributed by atoms with E-state index in [1.54, 1.807) is 7.11 Å². The minimum atomic E-state index is -3.25. The molecule has 0 atom stereocenters. The molecule has 0 saturated heterocycles. The second-order valence-corrected chi connectivity index (χ2v) is 9.15. The fraction of sp³-hybridized carbons (Fsp3) is 0.684. The van der Waals surface area contributed by atoms with Crippen molar-refractivity contribution in [2.24, 2.45) is 0 Å². The molecule has 25 heavy (non-hydrogen) atoms. The van der Waals surface area contributed by atoms with Crippen molar-refractivity contribution in [1.82, 2.24) is 4.72 Å². The fourth-order valence-electron chi connectivity index (χ4n) is 2.34. The van der Waals surface area contributed by atoms with Crippen molar-refractivity contribution in [2.75, 3.05) is 39.2 Å². The van der Waals surface area contributed by atoms with Gasteiger partial charge in [-0.1, -0.05) is 45.0 Å². The third-order valence-corrected chi connectivity index (χ3v) is 5.31. The molecule has 0 unspecified atom stereocenters. The molecule has 0 aliphatic heterocycles. The van der Waals surface area contributed by atoms with Crippen LogP contribution in [0.5, 0.6) is 0 Å². The molecule has 1 N–H and O–H groups in total. The summed E-state index contributed by atoms with van der Waals surface area (Å²) in [6.45, 7) is 8.17. The first-order valence-corrected chi connectivity index (χ1v) is 10.5. The van der Waals surface area contributed by atoms with Gasteiger partial charge in [-0.25, -0.2) is 13.1 Å². The van der Waals surface area contributed by atoms with Gasteiger partial charge in [0.25, 0.3) is 0 Å². The number of unbranched alkanes of at least 4 members (excludes halogenated alkanes) is 1. The number of hydrogen-bond acceptors (Lipinski definition) is 4. The van der Waals surface area contributed by atoms with Gasteiger partial charge in [-0.05, 0) is 35.8 Å². The van der Waals surface area contributed by atoms with Crippen LogP contribution < -0.4 is 4.72 Å². The first-order valence-electron chi connectivity index (χ1n) is 8.88. The Morgan fingerprint density at radius 3 is 2.28 bits per heavy atom. The third-order valence-electron chi connectivity index (χ3n) is 3.96. The van der Waals surface area contributed by atoms with Crippen molar-refractivity contribution in [3.05, 3.63) is 35.4 Å². The van der Waals surface area contributed by atoms with Gasteiger partial charge in [-0.15, -0.1) is 0 Å². The molecule has 0 radical (unpaired) electrons. The summed E-state index contributed by atoms with van der Waals surface area (Å²) in [4.78, 5) is 0. The summed E-state index contributed by atoms with van der Waals surface area (Å²) in [5.41, 5.74) is 2.79. The van der Waals surface area contributed by atoms with E-state index in [-0.39, 0.29) is 17.8 Å². The lowest BCUT2D eigenvalue weighted by atomic mass is 9.86. The van der Waals surface area contributed by atoms with Gasteiger partial charge in [-0.2, -0.15) is 0 Å². The summed E-state index contributed by atoms with van der Waals surface area (Å²) in [5, 5.41) is 0. The molecule has 0 aliphatic carbocycles. The standard InChI is InChI=1S/C19H33NO4S/c1-19(2,3)18-10-8-17(9-11-18)7-5-6-12-20-25(21,22)16-15-24-14-13-23-4/h8-11,20H,5-7,12-16H2,1-4H3. The van der Waals surface area contributed by atoms with Crippen LogP contribution in [0.3, 0.4) is 0 Å². The molecule has 0 amide bonds. The maximum atomic E-state index is 11.8. The lowest BCUT2D eigenvalue weighted by Gasteiger charge is -2.19. The summed E-state index contributed by atoms with van der Waals surface area (Å²) in [7, 11) is -1.67. The molecule has 0 spiro atoms. The Kier molecular flexibility index (Phi) is 9.64. The lowest BCUT2D eigenvalue weighted by Crippen LogP contribution is -2.29. The van der Waals surface area contributed by atoms with Crippen molar-refractivity contribution in [3.8, 4) is 0 Å². The van der Waals surface area contributed by atoms with Crippen LogP contribution >= 0.6 is 0 Å². The van der Waals surface area contributed by atoms with Crippen LogP contribution in [0.25, 0.3) is 0 Å². The van der Waals surface area contributed by atoms with E-state index in [1.165, 1.54) is 11.1 Å². The SMILES string of the molecule is COCCOCCS(=O)(=O)NCCCCc1ccc(C(C)(C)C)cc1. The molecule has 1 aromatic rings. The van der Waals surface area contributed by atoms with Crippen LogP contribution in [0.1, 0.15) is 44.7 Å². The molecule has 1 rings (SSSR count). The van der Waals surface area contributed by atoms with Gasteiger partial charge in [-0.3, -0.25) is 0 Å². The molecule has 0 aromatic heterocycles. The van der Waals surface area contributed by atoms with E-state index in [0.29, 0.717) is 19.8 Å². The Hall–Kier alpha value is -0.950. The number of nitrogens with one attached hydrogen (secondary N) is 1. The van der Waals surface area contributed by atoms with Crippen molar-refractivity contribution in [1.29, 1.82) is 0 Å². The molecule has 0 bridgehead atoms.